The highest BCUT2D eigenvalue weighted by atomic mass is 32.1. The number of anilines is 1. The zero-order chi connectivity index (χ0) is 19.8. The molecule has 0 aliphatic heterocycles. The molecule has 0 spiro atoms. The first-order valence-corrected chi connectivity index (χ1v) is 8.98. The minimum atomic E-state index is -0.311. The zero-order valence-electron chi connectivity index (χ0n) is 15.6. The lowest BCUT2D eigenvalue weighted by molar-refractivity contribution is 0.0827. The molecule has 2 aromatic carbocycles. The summed E-state index contributed by atoms with van der Waals surface area (Å²) in [6, 6.07) is 13.7. The fourth-order valence-electron chi connectivity index (χ4n) is 2.21. The third kappa shape index (κ3) is 6.07. The lowest BCUT2D eigenvalue weighted by Gasteiger charge is -2.12. The van der Waals surface area contributed by atoms with Crippen molar-refractivity contribution in [1.29, 1.82) is 0 Å². The predicted molar refractivity (Wildman–Crippen MR) is 110 cm³/mol. The number of hydrogen-bond donors (Lipinski definition) is 2. The van der Waals surface area contributed by atoms with Crippen molar-refractivity contribution in [3.63, 3.8) is 0 Å². The SMILES string of the molecule is CCCOc1ccc(C(=O)NC(=S)Nc2ccc(C(=O)N(C)C)cc2)cc1. The van der Waals surface area contributed by atoms with Crippen LogP contribution in [-0.4, -0.2) is 42.5 Å². The van der Waals surface area contributed by atoms with Gasteiger partial charge in [0.2, 0.25) is 0 Å². The minimum absolute atomic E-state index is 0.0798. The van der Waals surface area contributed by atoms with Crippen LogP contribution >= 0.6 is 12.2 Å². The van der Waals surface area contributed by atoms with Gasteiger partial charge in [-0.15, -0.1) is 0 Å². The van der Waals surface area contributed by atoms with E-state index in [1.807, 2.05) is 6.92 Å². The van der Waals surface area contributed by atoms with Crippen molar-refractivity contribution >= 4 is 34.8 Å². The third-order valence-corrected chi connectivity index (χ3v) is 3.82. The van der Waals surface area contributed by atoms with E-state index in [1.54, 1.807) is 62.6 Å². The Morgan fingerprint density at radius 1 is 1.00 bits per heavy atom. The average molecular weight is 385 g/mol. The van der Waals surface area contributed by atoms with Gasteiger partial charge in [0, 0.05) is 30.9 Å². The molecule has 2 rings (SSSR count). The molecule has 2 N–H and O–H groups in total. The lowest BCUT2D eigenvalue weighted by Crippen LogP contribution is -2.34. The Balaban J connectivity index is 1.91. The first kappa shape index (κ1) is 20.4. The third-order valence-electron chi connectivity index (χ3n) is 3.61. The van der Waals surface area contributed by atoms with Gasteiger partial charge in [-0.05, 0) is 67.2 Å². The van der Waals surface area contributed by atoms with Crippen LogP contribution in [0, 0.1) is 0 Å². The highest BCUT2D eigenvalue weighted by molar-refractivity contribution is 7.80. The second kappa shape index (κ2) is 9.68. The summed E-state index contributed by atoms with van der Waals surface area (Å²) in [5.41, 5.74) is 1.74. The number of amides is 2. The number of carbonyl (C=O) groups excluding carboxylic acids is 2. The molecule has 0 unspecified atom stereocenters. The standard InChI is InChI=1S/C20H23N3O3S/c1-4-13-26-17-11-7-14(8-12-17)18(24)22-20(27)21-16-9-5-15(6-10-16)19(25)23(2)3/h5-12H,4,13H2,1-3H3,(H2,21,22,24,27). The van der Waals surface area contributed by atoms with Crippen molar-refractivity contribution < 1.29 is 14.3 Å². The Bertz CT molecular complexity index is 802. The fourth-order valence-corrected chi connectivity index (χ4v) is 2.42. The van der Waals surface area contributed by atoms with Gasteiger partial charge in [-0.25, -0.2) is 0 Å². The second-order valence-corrected chi connectivity index (χ2v) is 6.47. The first-order valence-electron chi connectivity index (χ1n) is 8.57. The van der Waals surface area contributed by atoms with Crippen LogP contribution in [0.25, 0.3) is 0 Å². The van der Waals surface area contributed by atoms with Crippen LogP contribution in [0.3, 0.4) is 0 Å². The number of nitrogens with one attached hydrogen (secondary N) is 2. The maximum atomic E-state index is 12.3. The quantitative estimate of drug-likeness (QED) is 0.747. The number of carbonyl (C=O) groups is 2. The lowest BCUT2D eigenvalue weighted by atomic mass is 10.2. The maximum Gasteiger partial charge on any atom is 0.257 e. The van der Waals surface area contributed by atoms with E-state index in [0.717, 1.165) is 12.2 Å². The summed E-state index contributed by atoms with van der Waals surface area (Å²) >= 11 is 5.18. The number of nitrogens with zero attached hydrogens (tertiary/aromatic N) is 1. The molecule has 0 fully saturated rings. The van der Waals surface area contributed by atoms with Gasteiger partial charge in [0.1, 0.15) is 5.75 Å². The largest absolute Gasteiger partial charge is 0.494 e. The highest BCUT2D eigenvalue weighted by Crippen LogP contribution is 2.13. The summed E-state index contributed by atoms with van der Waals surface area (Å²) in [5.74, 6) is 0.333. The van der Waals surface area contributed by atoms with Crippen LogP contribution in [-0.2, 0) is 0 Å². The van der Waals surface area contributed by atoms with E-state index in [-0.39, 0.29) is 16.9 Å². The van der Waals surface area contributed by atoms with Gasteiger partial charge < -0.3 is 15.0 Å². The van der Waals surface area contributed by atoms with Crippen LogP contribution in [0.4, 0.5) is 5.69 Å². The van der Waals surface area contributed by atoms with Crippen LogP contribution in [0.15, 0.2) is 48.5 Å². The van der Waals surface area contributed by atoms with Crippen molar-refractivity contribution in [2.45, 2.75) is 13.3 Å². The molecule has 2 amide bonds. The zero-order valence-corrected chi connectivity index (χ0v) is 16.4. The Hall–Kier alpha value is -2.93. The van der Waals surface area contributed by atoms with Gasteiger partial charge in [0.25, 0.3) is 11.8 Å². The number of hydrogen-bond acceptors (Lipinski definition) is 4. The van der Waals surface area contributed by atoms with Gasteiger partial charge in [0.15, 0.2) is 5.11 Å². The highest BCUT2D eigenvalue weighted by Gasteiger charge is 2.10. The van der Waals surface area contributed by atoms with E-state index >= 15 is 0 Å². The number of thiocarbonyl (C=S) groups is 1. The molecular formula is C20H23N3O3S. The Kier molecular flexibility index (Phi) is 7.31. The van der Waals surface area contributed by atoms with Gasteiger partial charge in [-0.2, -0.15) is 0 Å². The van der Waals surface area contributed by atoms with E-state index in [4.69, 9.17) is 17.0 Å². The molecule has 7 heteroatoms. The number of rotatable bonds is 6. The van der Waals surface area contributed by atoms with E-state index in [0.29, 0.717) is 23.4 Å². The Morgan fingerprint density at radius 2 is 1.59 bits per heavy atom. The summed E-state index contributed by atoms with van der Waals surface area (Å²) in [5, 5.41) is 5.73. The maximum absolute atomic E-state index is 12.3. The van der Waals surface area contributed by atoms with E-state index in [9.17, 15) is 9.59 Å². The molecule has 6 nitrogen and oxygen atoms in total. The monoisotopic (exact) mass is 385 g/mol. The number of benzene rings is 2. The molecule has 0 saturated heterocycles. The Morgan fingerprint density at radius 3 is 2.15 bits per heavy atom. The molecule has 0 aromatic heterocycles. The van der Waals surface area contributed by atoms with Crippen LogP contribution in [0.1, 0.15) is 34.1 Å². The second-order valence-electron chi connectivity index (χ2n) is 6.06. The summed E-state index contributed by atoms with van der Waals surface area (Å²) in [7, 11) is 3.39. The molecule has 0 bridgehead atoms. The van der Waals surface area contributed by atoms with E-state index in [1.165, 1.54) is 4.90 Å². The number of ether oxygens (including phenoxy) is 1. The summed E-state index contributed by atoms with van der Waals surface area (Å²) in [6.07, 6.45) is 0.923. The summed E-state index contributed by atoms with van der Waals surface area (Å²) in [6.45, 7) is 2.67. The van der Waals surface area contributed by atoms with Gasteiger partial charge >= 0.3 is 0 Å². The molecule has 142 valence electrons. The van der Waals surface area contributed by atoms with Gasteiger partial charge in [-0.1, -0.05) is 6.92 Å². The average Bonchev–Trinajstić information content (AvgIpc) is 2.66. The molecule has 2 aromatic rings. The molecule has 0 radical (unpaired) electrons. The van der Waals surface area contributed by atoms with Crippen LogP contribution in [0.5, 0.6) is 5.75 Å². The Labute approximate surface area is 164 Å². The van der Waals surface area contributed by atoms with E-state index < -0.39 is 0 Å². The normalized spacial score (nSPS) is 10.0. The molecular weight excluding hydrogens is 362 g/mol. The summed E-state index contributed by atoms with van der Waals surface area (Å²) in [4.78, 5) is 25.6. The summed E-state index contributed by atoms with van der Waals surface area (Å²) < 4.78 is 5.49. The van der Waals surface area contributed by atoms with Crippen LogP contribution < -0.4 is 15.4 Å². The fraction of sp³-hybridized carbons (Fsp3) is 0.250. The molecule has 0 saturated carbocycles. The van der Waals surface area contributed by atoms with Gasteiger partial charge in [-0.3, -0.25) is 14.9 Å². The molecule has 0 atom stereocenters. The van der Waals surface area contributed by atoms with Crippen molar-refractivity contribution in [3.05, 3.63) is 59.7 Å². The molecule has 0 aliphatic carbocycles. The molecule has 0 aliphatic rings. The molecule has 0 heterocycles. The van der Waals surface area contributed by atoms with Crippen molar-refractivity contribution in [2.24, 2.45) is 0 Å². The first-order chi connectivity index (χ1) is 12.9. The van der Waals surface area contributed by atoms with E-state index in [2.05, 4.69) is 10.6 Å². The minimum Gasteiger partial charge on any atom is -0.494 e. The van der Waals surface area contributed by atoms with Crippen molar-refractivity contribution in [1.82, 2.24) is 10.2 Å². The molecule has 27 heavy (non-hydrogen) atoms. The topological polar surface area (TPSA) is 70.7 Å². The van der Waals surface area contributed by atoms with Gasteiger partial charge in [0.05, 0.1) is 6.61 Å². The predicted octanol–water partition coefficient (Wildman–Crippen LogP) is 3.30. The van der Waals surface area contributed by atoms with Crippen LogP contribution in [0.2, 0.25) is 0 Å². The van der Waals surface area contributed by atoms with Crippen molar-refractivity contribution in [3.8, 4) is 5.75 Å². The van der Waals surface area contributed by atoms with Crippen molar-refractivity contribution in [2.75, 3.05) is 26.0 Å². The smallest absolute Gasteiger partial charge is 0.257 e.